The zero-order valence-electron chi connectivity index (χ0n) is 29.4. The van der Waals surface area contributed by atoms with Crippen molar-refractivity contribution >= 4 is 29.4 Å². The summed E-state index contributed by atoms with van der Waals surface area (Å²) in [5, 5.41) is 12.2. The van der Waals surface area contributed by atoms with Crippen LogP contribution in [-0.2, 0) is 28.7 Å². The molecule has 2 bridgehead atoms. The molecule has 3 amide bonds. The molecule has 2 aromatic carbocycles. The number of carbonyl (C=O) groups is 4. The van der Waals surface area contributed by atoms with Gasteiger partial charge in [-0.25, -0.2) is 0 Å². The molecule has 6 atom stereocenters. The Morgan fingerprint density at radius 2 is 1.78 bits per heavy atom. The fourth-order valence-corrected chi connectivity index (χ4v) is 8.13. The lowest BCUT2D eigenvalue weighted by Gasteiger charge is -2.37. The van der Waals surface area contributed by atoms with E-state index in [2.05, 4.69) is 18.5 Å². The number of nitrogens with zero attached hydrogens (tertiary/aromatic N) is 2. The van der Waals surface area contributed by atoms with Crippen LogP contribution in [0.4, 0.5) is 5.69 Å². The molecule has 0 saturated carbocycles. The smallest absolute Gasteiger partial charge is 0.313 e. The first-order chi connectivity index (χ1) is 24.2. The van der Waals surface area contributed by atoms with E-state index in [9.17, 15) is 24.3 Å². The predicted molar refractivity (Wildman–Crippen MR) is 191 cm³/mol. The summed E-state index contributed by atoms with van der Waals surface area (Å²) in [4.78, 5) is 59.6. The highest BCUT2D eigenvalue weighted by molar-refractivity contribution is 6.05. The summed E-state index contributed by atoms with van der Waals surface area (Å²) in [5.74, 6) is -3.07. The van der Waals surface area contributed by atoms with Crippen LogP contribution in [0, 0.1) is 25.7 Å². The van der Waals surface area contributed by atoms with Crippen molar-refractivity contribution in [2.24, 2.45) is 11.8 Å². The number of allylic oxidation sites excluding steroid dienone is 1. The van der Waals surface area contributed by atoms with Gasteiger partial charge < -0.3 is 29.7 Å². The molecule has 0 aliphatic carbocycles. The number of ether oxygens (including phenoxy) is 2. The van der Waals surface area contributed by atoms with Crippen molar-refractivity contribution in [2.45, 2.75) is 89.1 Å². The molecule has 5 rings (SSSR count). The summed E-state index contributed by atoms with van der Waals surface area (Å²) < 4.78 is 12.9. The van der Waals surface area contributed by atoms with Crippen LogP contribution in [-0.4, -0.2) is 77.7 Å². The quantitative estimate of drug-likeness (QED) is 0.127. The number of esters is 1. The van der Waals surface area contributed by atoms with E-state index >= 15 is 0 Å². The fraction of sp³-hybridized carbons (Fsp3) is 0.500. The number of fused-ring (bicyclic) bond motifs is 1. The van der Waals surface area contributed by atoms with Crippen LogP contribution in [0.5, 0.6) is 0 Å². The summed E-state index contributed by atoms with van der Waals surface area (Å²) in [5.41, 5.74) is 2.15. The molecule has 3 heterocycles. The van der Waals surface area contributed by atoms with Gasteiger partial charge in [0.1, 0.15) is 17.7 Å². The SMILES string of the molecule is C=CCCC(=O)NC[C@@H](OC(=O)[C@@H]1[C@@H]2CC[C@]3(O2)[C@H](C(=O)N(CC=C)c2c(C)cccc2C)N(CCCCCCO)C(=O)[C@@H]13)c1ccccc1. The lowest BCUT2D eigenvalue weighted by molar-refractivity contribution is -0.160. The standard InChI is InChI=1S/C40H51N3O7/c1-5-7-20-32(45)41-26-31(29-18-11-10-12-19-29)49-39(48)33-30-21-22-40(50-30)34(33)37(46)43(24-13-8-9-14-25-44)36(40)38(47)42(23-6-2)35-27(3)16-15-17-28(35)4/h5-6,10-12,15-19,30-31,33-34,36,44H,1-2,7-9,13-14,20-26H2,3-4H3,(H,41,45)/t30-,31+,33+,34+,36-,40+/m0/s1. The second-order valence-corrected chi connectivity index (χ2v) is 13.7. The number of hydrogen-bond donors (Lipinski definition) is 2. The normalized spacial score (nSPS) is 24.1. The molecule has 10 nitrogen and oxygen atoms in total. The number of aliphatic hydroxyl groups is 1. The summed E-state index contributed by atoms with van der Waals surface area (Å²) in [6.45, 7) is 12.3. The maximum absolute atomic E-state index is 14.9. The highest BCUT2D eigenvalue weighted by Crippen LogP contribution is 2.59. The van der Waals surface area contributed by atoms with Crippen LogP contribution in [0.25, 0.3) is 0 Å². The van der Waals surface area contributed by atoms with E-state index in [1.165, 1.54) is 0 Å². The largest absolute Gasteiger partial charge is 0.455 e. The highest BCUT2D eigenvalue weighted by atomic mass is 16.6. The summed E-state index contributed by atoms with van der Waals surface area (Å²) in [7, 11) is 0. The van der Waals surface area contributed by atoms with E-state index in [0.29, 0.717) is 44.2 Å². The first kappa shape index (κ1) is 37.0. The Kier molecular flexibility index (Phi) is 12.3. The van der Waals surface area contributed by atoms with E-state index in [1.807, 2.05) is 62.4 Å². The van der Waals surface area contributed by atoms with Gasteiger partial charge in [-0.05, 0) is 62.6 Å². The van der Waals surface area contributed by atoms with Gasteiger partial charge >= 0.3 is 5.97 Å². The minimum atomic E-state index is -1.19. The van der Waals surface area contributed by atoms with Crippen LogP contribution < -0.4 is 10.2 Å². The number of nitrogens with one attached hydrogen (secondary N) is 1. The molecule has 2 N–H and O–H groups in total. The van der Waals surface area contributed by atoms with Gasteiger partial charge in [-0.3, -0.25) is 19.2 Å². The van der Waals surface area contributed by atoms with E-state index in [1.54, 1.807) is 22.0 Å². The van der Waals surface area contributed by atoms with Crippen LogP contribution >= 0.6 is 0 Å². The number of anilines is 1. The molecule has 0 unspecified atom stereocenters. The Labute approximate surface area is 295 Å². The van der Waals surface area contributed by atoms with Gasteiger partial charge in [-0.1, -0.05) is 73.5 Å². The molecule has 3 aliphatic heterocycles. The minimum Gasteiger partial charge on any atom is -0.455 e. The lowest BCUT2D eigenvalue weighted by atomic mass is 9.70. The molecule has 50 heavy (non-hydrogen) atoms. The number of hydrogen-bond acceptors (Lipinski definition) is 7. The van der Waals surface area contributed by atoms with Gasteiger partial charge in [-0.2, -0.15) is 0 Å². The first-order valence-electron chi connectivity index (χ1n) is 17.9. The number of aryl methyl sites for hydroxylation is 2. The maximum atomic E-state index is 14.9. The number of amides is 3. The third-order valence-electron chi connectivity index (χ3n) is 10.4. The number of rotatable bonds is 18. The van der Waals surface area contributed by atoms with Crippen molar-refractivity contribution in [3.05, 3.63) is 90.5 Å². The average Bonchev–Trinajstić information content (AvgIpc) is 3.76. The lowest BCUT2D eigenvalue weighted by Crippen LogP contribution is -2.56. The molecule has 1 spiro atoms. The molecule has 0 radical (unpaired) electrons. The Bertz CT molecular complexity index is 1540. The van der Waals surface area contributed by atoms with Crippen molar-refractivity contribution in [3.63, 3.8) is 0 Å². The van der Waals surface area contributed by atoms with Crippen molar-refractivity contribution in [1.29, 1.82) is 0 Å². The Balaban J connectivity index is 1.46. The second-order valence-electron chi connectivity index (χ2n) is 13.7. The van der Waals surface area contributed by atoms with E-state index in [-0.39, 0.29) is 43.8 Å². The van der Waals surface area contributed by atoms with Crippen LogP contribution in [0.1, 0.15) is 74.2 Å². The number of aliphatic hydroxyl groups excluding tert-OH is 1. The number of para-hydroxylation sites is 1. The Hall–Kier alpha value is -4.28. The monoisotopic (exact) mass is 685 g/mol. The second kappa shape index (κ2) is 16.6. The van der Waals surface area contributed by atoms with Crippen LogP contribution in [0.3, 0.4) is 0 Å². The number of likely N-dealkylation sites (tertiary alicyclic amines) is 1. The predicted octanol–water partition coefficient (Wildman–Crippen LogP) is 5.12. The van der Waals surface area contributed by atoms with E-state index in [4.69, 9.17) is 9.47 Å². The molecule has 3 aliphatic rings. The van der Waals surface area contributed by atoms with Gasteiger partial charge in [0, 0.05) is 31.8 Å². The fourth-order valence-electron chi connectivity index (χ4n) is 8.13. The Morgan fingerprint density at radius 1 is 1.06 bits per heavy atom. The third-order valence-corrected chi connectivity index (χ3v) is 10.4. The number of benzene rings is 2. The first-order valence-corrected chi connectivity index (χ1v) is 17.9. The minimum absolute atomic E-state index is 0.0705. The highest BCUT2D eigenvalue weighted by Gasteiger charge is 2.75. The van der Waals surface area contributed by atoms with Crippen molar-refractivity contribution in [1.82, 2.24) is 10.2 Å². The average molecular weight is 686 g/mol. The van der Waals surface area contributed by atoms with Crippen LogP contribution in [0.15, 0.2) is 73.8 Å². The van der Waals surface area contributed by atoms with Gasteiger partial charge in [0.05, 0.1) is 24.5 Å². The zero-order chi connectivity index (χ0) is 35.8. The zero-order valence-corrected chi connectivity index (χ0v) is 29.4. The molecule has 3 fully saturated rings. The van der Waals surface area contributed by atoms with E-state index < -0.39 is 41.7 Å². The number of carbonyl (C=O) groups excluding carboxylic acids is 4. The van der Waals surface area contributed by atoms with Gasteiger partial charge in [-0.15, -0.1) is 13.2 Å². The Morgan fingerprint density at radius 3 is 2.46 bits per heavy atom. The molecule has 0 aromatic heterocycles. The van der Waals surface area contributed by atoms with Gasteiger partial charge in [0.2, 0.25) is 11.8 Å². The van der Waals surface area contributed by atoms with Crippen molar-refractivity contribution < 1.29 is 33.8 Å². The topological polar surface area (TPSA) is 125 Å². The summed E-state index contributed by atoms with van der Waals surface area (Å²) in [6.07, 6.45) is 6.66. The summed E-state index contributed by atoms with van der Waals surface area (Å²) in [6, 6.07) is 14.1. The maximum Gasteiger partial charge on any atom is 0.313 e. The van der Waals surface area contributed by atoms with Crippen molar-refractivity contribution in [3.8, 4) is 0 Å². The molecule has 2 aromatic rings. The molecule has 3 saturated heterocycles. The van der Waals surface area contributed by atoms with Crippen LogP contribution in [0.2, 0.25) is 0 Å². The molecular weight excluding hydrogens is 634 g/mol. The molecule has 10 heteroatoms. The van der Waals surface area contributed by atoms with E-state index in [0.717, 1.165) is 29.7 Å². The van der Waals surface area contributed by atoms with Gasteiger partial charge in [0.15, 0.2) is 0 Å². The molecular formula is C40H51N3O7. The van der Waals surface area contributed by atoms with Crippen molar-refractivity contribution in [2.75, 3.05) is 31.1 Å². The summed E-state index contributed by atoms with van der Waals surface area (Å²) >= 11 is 0. The van der Waals surface area contributed by atoms with Gasteiger partial charge in [0.25, 0.3) is 5.91 Å². The molecule has 268 valence electrons. The number of unbranched alkanes of at least 4 members (excludes halogenated alkanes) is 3. The third kappa shape index (κ3) is 7.42.